The molecule has 0 aliphatic heterocycles. The molecule has 1 atom stereocenters. The number of fused-ring (bicyclic) bond motifs is 1. The Morgan fingerprint density at radius 2 is 1.68 bits per heavy atom. The molecule has 0 saturated heterocycles. The molecule has 1 unspecified atom stereocenters. The molecular weight excluding hydrogens is 500 g/mol. The molecule has 0 aliphatic carbocycles. The number of esters is 1. The van der Waals surface area contributed by atoms with Crippen molar-refractivity contribution in [2.75, 3.05) is 7.11 Å². The van der Waals surface area contributed by atoms with E-state index in [1.165, 1.54) is 7.11 Å². The number of carbonyl (C=O) groups is 1. The smallest absolute Gasteiger partial charge is 0.309 e. The van der Waals surface area contributed by atoms with Crippen molar-refractivity contribution in [3.63, 3.8) is 0 Å². The van der Waals surface area contributed by atoms with Gasteiger partial charge in [-0.25, -0.2) is 0 Å². The number of aromatic nitrogens is 4. The number of rotatable bonds is 7. The maximum absolute atomic E-state index is 11.8. The lowest BCUT2D eigenvalue weighted by Crippen LogP contribution is -2.15. The zero-order chi connectivity index (χ0) is 27.6. The van der Waals surface area contributed by atoms with Crippen molar-refractivity contribution in [2.24, 2.45) is 0 Å². The summed E-state index contributed by atoms with van der Waals surface area (Å²) in [7, 11) is 1.40. The average molecular weight is 529 g/mol. The predicted octanol–water partition coefficient (Wildman–Crippen LogP) is 6.72. The van der Waals surface area contributed by atoms with Crippen LogP contribution in [-0.4, -0.2) is 33.0 Å². The maximum Gasteiger partial charge on any atom is 0.309 e. The molecule has 3 aromatic heterocycles. The molecule has 0 fully saturated rings. The molecule has 0 N–H and O–H groups in total. The van der Waals surface area contributed by atoms with Crippen molar-refractivity contribution in [1.29, 1.82) is 0 Å². The molecule has 0 saturated carbocycles. The lowest BCUT2D eigenvalue weighted by molar-refractivity contribution is -0.139. The molecule has 6 aromatic rings. The van der Waals surface area contributed by atoms with E-state index in [4.69, 9.17) is 19.3 Å². The molecule has 3 heterocycles. The lowest BCUT2D eigenvalue weighted by atomic mass is 9.99. The number of benzene rings is 3. The van der Waals surface area contributed by atoms with E-state index in [9.17, 15) is 4.79 Å². The first-order valence-corrected chi connectivity index (χ1v) is 13.1. The second-order valence-corrected chi connectivity index (χ2v) is 9.74. The molecule has 0 spiro atoms. The number of ether oxygens (including phenoxy) is 1. The topological polar surface area (TPSA) is 83.0 Å². The third kappa shape index (κ3) is 4.66. The van der Waals surface area contributed by atoms with Crippen molar-refractivity contribution in [1.82, 2.24) is 19.9 Å². The van der Waals surface area contributed by atoms with Gasteiger partial charge in [0.1, 0.15) is 17.5 Å². The predicted molar refractivity (Wildman–Crippen MR) is 154 cm³/mol. The summed E-state index contributed by atoms with van der Waals surface area (Å²) in [6.45, 7) is 3.88. The molecule has 0 aliphatic rings. The highest BCUT2D eigenvalue weighted by molar-refractivity contribution is 5.96. The minimum atomic E-state index is -0.268. The maximum atomic E-state index is 11.8. The van der Waals surface area contributed by atoms with Crippen molar-refractivity contribution in [3.8, 4) is 22.4 Å². The van der Waals surface area contributed by atoms with Gasteiger partial charge in [0.15, 0.2) is 0 Å². The molecule has 198 valence electrons. The van der Waals surface area contributed by atoms with E-state index >= 15 is 0 Å². The van der Waals surface area contributed by atoms with Gasteiger partial charge in [0, 0.05) is 22.7 Å². The van der Waals surface area contributed by atoms with Crippen molar-refractivity contribution >= 4 is 16.9 Å². The van der Waals surface area contributed by atoms with Crippen LogP contribution < -0.4 is 0 Å². The van der Waals surface area contributed by atoms with Gasteiger partial charge >= 0.3 is 5.97 Å². The van der Waals surface area contributed by atoms with E-state index in [-0.39, 0.29) is 18.4 Å². The highest BCUT2D eigenvalue weighted by atomic mass is 16.5. The highest BCUT2D eigenvalue weighted by Gasteiger charge is 2.24. The van der Waals surface area contributed by atoms with Crippen molar-refractivity contribution in [2.45, 2.75) is 26.3 Å². The van der Waals surface area contributed by atoms with Gasteiger partial charge in [-0.1, -0.05) is 71.9 Å². The van der Waals surface area contributed by atoms with E-state index in [0.717, 1.165) is 61.6 Å². The van der Waals surface area contributed by atoms with Crippen LogP contribution in [0.5, 0.6) is 0 Å². The Kier molecular flexibility index (Phi) is 6.70. The van der Waals surface area contributed by atoms with Crippen molar-refractivity contribution < 1.29 is 14.1 Å². The first kappa shape index (κ1) is 25.2. The summed E-state index contributed by atoms with van der Waals surface area (Å²) in [6.07, 6.45) is 2.04. The third-order valence-corrected chi connectivity index (χ3v) is 7.16. The van der Waals surface area contributed by atoms with E-state index in [1.54, 1.807) is 0 Å². The van der Waals surface area contributed by atoms with Crippen molar-refractivity contribution in [3.05, 3.63) is 125 Å². The summed E-state index contributed by atoms with van der Waals surface area (Å²) in [5.74, 6) is 0.504. The molecule has 40 heavy (non-hydrogen) atoms. The van der Waals surface area contributed by atoms with Gasteiger partial charge in [-0.15, -0.1) is 0 Å². The van der Waals surface area contributed by atoms with Crippen LogP contribution >= 0.6 is 0 Å². The van der Waals surface area contributed by atoms with E-state index in [2.05, 4.69) is 40.2 Å². The van der Waals surface area contributed by atoms with Gasteiger partial charge in [0.2, 0.25) is 0 Å². The minimum absolute atomic E-state index is 0.225. The normalized spacial score (nSPS) is 12.0. The molecule has 0 amide bonds. The number of carbonyl (C=O) groups excluding carboxylic acids is 1. The number of methoxy groups -OCH3 is 1. The van der Waals surface area contributed by atoms with E-state index in [1.807, 2.05) is 80.7 Å². The lowest BCUT2D eigenvalue weighted by Gasteiger charge is -2.19. The van der Waals surface area contributed by atoms with E-state index < -0.39 is 0 Å². The third-order valence-electron chi connectivity index (χ3n) is 7.16. The van der Waals surface area contributed by atoms with Gasteiger partial charge in [0.25, 0.3) is 0 Å². The fourth-order valence-corrected chi connectivity index (χ4v) is 5.23. The van der Waals surface area contributed by atoms with Crippen LogP contribution in [0.4, 0.5) is 0 Å². The molecule has 3 aromatic carbocycles. The summed E-state index contributed by atoms with van der Waals surface area (Å²) in [5, 5.41) is 10.4. The summed E-state index contributed by atoms with van der Waals surface area (Å²) < 4.78 is 12.4. The minimum Gasteiger partial charge on any atom is -0.469 e. The van der Waals surface area contributed by atoms with Crippen LogP contribution in [-0.2, 0) is 16.0 Å². The Hall–Kier alpha value is -5.04. The number of pyridine rings is 1. The summed E-state index contributed by atoms with van der Waals surface area (Å²) in [5.41, 5.74) is 8.45. The first-order valence-electron chi connectivity index (χ1n) is 13.1. The van der Waals surface area contributed by atoms with Crippen LogP contribution in [0, 0.1) is 13.8 Å². The zero-order valence-corrected chi connectivity index (χ0v) is 22.5. The van der Waals surface area contributed by atoms with Crippen LogP contribution in [0.2, 0.25) is 0 Å². The molecule has 7 heteroatoms. The molecule has 7 nitrogen and oxygen atoms in total. The van der Waals surface area contributed by atoms with Gasteiger partial charge < -0.3 is 9.26 Å². The van der Waals surface area contributed by atoms with Gasteiger partial charge in [0.05, 0.1) is 30.4 Å². The largest absolute Gasteiger partial charge is 0.469 e. The Morgan fingerprint density at radius 1 is 0.925 bits per heavy atom. The summed E-state index contributed by atoms with van der Waals surface area (Å²) in [6, 6.07) is 30.2. The Balaban J connectivity index is 1.58. The molecule has 6 rings (SSSR count). The first-order chi connectivity index (χ1) is 19.5. The molecular formula is C33H28N4O3. The average Bonchev–Trinajstić information content (AvgIpc) is 3.53. The fraction of sp³-hybridized carbons (Fsp3) is 0.152. The Morgan fingerprint density at radius 3 is 2.35 bits per heavy atom. The van der Waals surface area contributed by atoms with Gasteiger partial charge in [-0.2, -0.15) is 5.10 Å². The van der Waals surface area contributed by atoms with Crippen LogP contribution in [0.25, 0.3) is 33.3 Å². The summed E-state index contributed by atoms with van der Waals surface area (Å²) in [4.78, 5) is 16.5. The Labute approximate surface area is 232 Å². The Bertz CT molecular complexity index is 1730. The molecule has 0 radical (unpaired) electrons. The number of aryl methyl sites for hydroxylation is 2. The SMILES string of the molecule is COC(=O)Cc1ccc(-c2nn(C(c3ccccc3)c3ccccn3)c3cc(-c4c(C)noc4C)ccc23)cc1. The number of nitrogens with zero attached hydrogens (tertiary/aromatic N) is 4. The molecule has 0 bridgehead atoms. The zero-order valence-electron chi connectivity index (χ0n) is 22.5. The van der Waals surface area contributed by atoms with E-state index in [0.29, 0.717) is 0 Å². The standard InChI is InChI=1S/C33H28N4O3/c1-21-31(22(2)40-36-21)26-16-17-27-29(20-26)37(33(25-9-5-4-6-10-25)28-11-7-8-18-34-28)35-32(27)24-14-12-23(13-15-24)19-30(38)39-3/h4-18,20,33H,19H2,1-3H3. The number of hydrogen-bond donors (Lipinski definition) is 0. The van der Waals surface area contributed by atoms with Crippen LogP contribution in [0.1, 0.15) is 34.3 Å². The summed E-state index contributed by atoms with van der Waals surface area (Å²) >= 11 is 0. The second-order valence-electron chi connectivity index (χ2n) is 9.74. The van der Waals surface area contributed by atoms with Gasteiger partial charge in [-0.3, -0.25) is 14.5 Å². The number of hydrogen-bond acceptors (Lipinski definition) is 6. The fourth-order valence-electron chi connectivity index (χ4n) is 5.23. The highest BCUT2D eigenvalue weighted by Crippen LogP contribution is 2.37. The second kappa shape index (κ2) is 10.6. The van der Waals surface area contributed by atoms with Gasteiger partial charge in [-0.05, 0) is 54.8 Å². The van der Waals surface area contributed by atoms with Crippen LogP contribution in [0.3, 0.4) is 0 Å². The quantitative estimate of drug-likeness (QED) is 0.214. The monoisotopic (exact) mass is 528 g/mol. The van der Waals surface area contributed by atoms with Crippen LogP contribution in [0.15, 0.2) is 102 Å².